The van der Waals surface area contributed by atoms with Gasteiger partial charge < -0.3 is 0 Å². The summed E-state index contributed by atoms with van der Waals surface area (Å²) in [6.07, 6.45) is 0. The van der Waals surface area contributed by atoms with E-state index >= 15 is 4.79 Å². The first-order chi connectivity index (χ1) is 31.6. The molecule has 64 heavy (non-hydrogen) atoms. The molecule has 0 atom stereocenters. The Balaban J connectivity index is 1.00. The summed E-state index contributed by atoms with van der Waals surface area (Å²) in [7, 11) is 0. The van der Waals surface area contributed by atoms with Crippen LogP contribution in [0.3, 0.4) is 0 Å². The molecule has 0 spiro atoms. The highest BCUT2D eigenvalue weighted by atomic mass is 16.1. The second kappa shape index (κ2) is 16.2. The van der Waals surface area contributed by atoms with Crippen molar-refractivity contribution in [1.29, 1.82) is 0 Å². The molecule has 10 aromatic rings. The van der Waals surface area contributed by atoms with Crippen LogP contribution in [0.15, 0.2) is 206 Å². The third kappa shape index (κ3) is 7.04. The Morgan fingerprint density at radius 2 is 0.469 bits per heavy atom. The predicted molar refractivity (Wildman–Crippen MR) is 250 cm³/mol. The fraction of sp³-hybridized carbons (Fsp3) is 0. The van der Waals surface area contributed by atoms with Gasteiger partial charge in [0.05, 0.1) is 0 Å². The van der Waals surface area contributed by atoms with Crippen molar-refractivity contribution < 1.29 is 9.59 Å². The number of hydrogen-bond acceptors (Lipinski definition) is 8. The molecule has 0 saturated carbocycles. The minimum absolute atomic E-state index is 0.212. The maximum atomic E-state index is 15.1. The van der Waals surface area contributed by atoms with Gasteiger partial charge >= 0.3 is 0 Å². The van der Waals surface area contributed by atoms with E-state index in [1.165, 1.54) is 0 Å². The average molecular weight is 823 g/mol. The Morgan fingerprint density at radius 3 is 0.797 bits per heavy atom. The van der Waals surface area contributed by atoms with Crippen molar-refractivity contribution in [2.75, 3.05) is 0 Å². The summed E-state index contributed by atoms with van der Waals surface area (Å²) < 4.78 is 0. The number of carbonyl (C=O) groups is 2. The maximum Gasteiger partial charge on any atom is 0.195 e. The number of hydrogen-bond donors (Lipinski definition) is 0. The number of aromatic nitrogens is 6. The molecule has 8 nitrogen and oxygen atoms in total. The smallest absolute Gasteiger partial charge is 0.195 e. The van der Waals surface area contributed by atoms with Crippen LogP contribution in [0, 0.1) is 0 Å². The molecule has 1 aliphatic carbocycles. The molecule has 1 aliphatic rings. The van der Waals surface area contributed by atoms with E-state index in [4.69, 9.17) is 29.9 Å². The maximum absolute atomic E-state index is 15.1. The van der Waals surface area contributed by atoms with Crippen LogP contribution in [-0.4, -0.2) is 41.5 Å². The summed E-state index contributed by atoms with van der Waals surface area (Å²) in [5.41, 5.74) is 9.13. The Labute approximate surface area is 368 Å². The number of ketones is 2. The highest BCUT2D eigenvalue weighted by Gasteiger charge is 2.34. The molecule has 0 bridgehead atoms. The van der Waals surface area contributed by atoms with Crippen molar-refractivity contribution in [1.82, 2.24) is 29.9 Å². The number of fused-ring (bicyclic) bond motifs is 2. The van der Waals surface area contributed by atoms with Crippen molar-refractivity contribution >= 4 is 11.6 Å². The van der Waals surface area contributed by atoms with Crippen LogP contribution in [0.4, 0.5) is 0 Å². The molecule has 0 aliphatic heterocycles. The Morgan fingerprint density at radius 1 is 0.219 bits per heavy atom. The van der Waals surface area contributed by atoms with E-state index in [2.05, 4.69) is 0 Å². The first-order valence-corrected chi connectivity index (χ1v) is 20.9. The van der Waals surface area contributed by atoms with Gasteiger partial charge in [0.15, 0.2) is 46.5 Å². The van der Waals surface area contributed by atoms with Crippen LogP contribution in [0.1, 0.15) is 31.8 Å². The topological polar surface area (TPSA) is 111 Å². The van der Waals surface area contributed by atoms with E-state index in [0.29, 0.717) is 68.3 Å². The molecular formula is C56H34N6O2. The second-order valence-electron chi connectivity index (χ2n) is 15.4. The fourth-order valence-corrected chi connectivity index (χ4v) is 8.25. The lowest BCUT2D eigenvalue weighted by molar-refractivity contribution is 0.0980. The van der Waals surface area contributed by atoms with E-state index in [0.717, 1.165) is 44.5 Å². The van der Waals surface area contributed by atoms with E-state index in [1.54, 1.807) is 12.1 Å². The fourth-order valence-electron chi connectivity index (χ4n) is 8.25. The van der Waals surface area contributed by atoms with E-state index in [9.17, 15) is 4.79 Å². The minimum Gasteiger partial charge on any atom is -0.289 e. The Kier molecular flexibility index (Phi) is 9.63. The van der Waals surface area contributed by atoms with Gasteiger partial charge in [-0.1, -0.05) is 194 Å². The van der Waals surface area contributed by atoms with Crippen molar-refractivity contribution in [2.24, 2.45) is 0 Å². The molecule has 0 saturated heterocycles. The normalized spacial score (nSPS) is 11.8. The molecule has 8 aromatic carbocycles. The highest BCUT2D eigenvalue weighted by molar-refractivity contribution is 6.32. The van der Waals surface area contributed by atoms with Crippen LogP contribution >= 0.6 is 0 Å². The first-order valence-electron chi connectivity index (χ1n) is 20.9. The SMILES string of the molecule is O=C1c2cccc(-c3cccc(-c4nc(-c5ccccc5)nc(-c5ccccc5)n4)c3)c2C(=O)c2c1cccc2-c1cccc(-c2nc(-c3ccccc3)nc(-c3ccccc3)n2)c1. The molecule has 0 unspecified atom stereocenters. The van der Waals surface area contributed by atoms with Crippen molar-refractivity contribution in [3.63, 3.8) is 0 Å². The average Bonchev–Trinajstić information content (AvgIpc) is 3.38. The molecule has 300 valence electrons. The van der Waals surface area contributed by atoms with Gasteiger partial charge in [0.1, 0.15) is 0 Å². The van der Waals surface area contributed by atoms with Crippen LogP contribution in [0.5, 0.6) is 0 Å². The van der Waals surface area contributed by atoms with Gasteiger partial charge in [-0.25, -0.2) is 29.9 Å². The summed E-state index contributed by atoms with van der Waals surface area (Å²) in [5.74, 6) is 2.71. The van der Waals surface area contributed by atoms with Crippen LogP contribution in [0.2, 0.25) is 0 Å². The predicted octanol–water partition coefficient (Wildman–Crippen LogP) is 12.2. The van der Waals surface area contributed by atoms with Gasteiger partial charge in [-0.2, -0.15) is 0 Å². The van der Waals surface area contributed by atoms with Gasteiger partial charge in [0, 0.05) is 55.6 Å². The van der Waals surface area contributed by atoms with Gasteiger partial charge in [-0.15, -0.1) is 0 Å². The second-order valence-corrected chi connectivity index (χ2v) is 15.4. The summed E-state index contributed by atoms with van der Waals surface area (Å²) in [6, 6.07) is 65.8. The number of nitrogens with zero attached hydrogens (tertiary/aromatic N) is 6. The Hall–Kier alpha value is -8.88. The van der Waals surface area contributed by atoms with E-state index in [1.807, 2.05) is 194 Å². The lowest BCUT2D eigenvalue weighted by Crippen LogP contribution is -2.22. The van der Waals surface area contributed by atoms with Crippen LogP contribution in [0.25, 0.3) is 90.6 Å². The molecule has 8 heteroatoms. The quantitative estimate of drug-likeness (QED) is 0.149. The van der Waals surface area contributed by atoms with Gasteiger partial charge in [-0.3, -0.25) is 9.59 Å². The summed E-state index contributed by atoms with van der Waals surface area (Å²) in [6.45, 7) is 0. The molecule has 0 fully saturated rings. The third-order valence-corrected chi connectivity index (χ3v) is 11.3. The summed E-state index contributed by atoms with van der Waals surface area (Å²) in [5, 5.41) is 0. The third-order valence-electron chi connectivity index (χ3n) is 11.3. The van der Waals surface area contributed by atoms with Crippen LogP contribution < -0.4 is 0 Å². The molecule has 11 rings (SSSR count). The molecular weight excluding hydrogens is 789 g/mol. The number of rotatable bonds is 8. The minimum atomic E-state index is -0.234. The summed E-state index contributed by atoms with van der Waals surface area (Å²) in [4.78, 5) is 59.1. The van der Waals surface area contributed by atoms with Crippen molar-refractivity contribution in [3.8, 4) is 90.6 Å². The van der Waals surface area contributed by atoms with Gasteiger partial charge in [0.25, 0.3) is 0 Å². The first kappa shape index (κ1) is 38.1. The van der Waals surface area contributed by atoms with Gasteiger partial charge in [0.2, 0.25) is 0 Å². The molecule has 2 aromatic heterocycles. The largest absolute Gasteiger partial charge is 0.289 e. The van der Waals surface area contributed by atoms with E-state index in [-0.39, 0.29) is 11.6 Å². The monoisotopic (exact) mass is 822 g/mol. The summed E-state index contributed by atoms with van der Waals surface area (Å²) >= 11 is 0. The molecule has 0 amide bonds. The van der Waals surface area contributed by atoms with Gasteiger partial charge in [-0.05, 0) is 34.4 Å². The van der Waals surface area contributed by atoms with Crippen LogP contribution in [-0.2, 0) is 0 Å². The lowest BCUT2D eigenvalue weighted by Gasteiger charge is -2.23. The zero-order valence-electron chi connectivity index (χ0n) is 34.1. The number of carbonyl (C=O) groups excluding carboxylic acids is 2. The Bertz CT molecular complexity index is 3070. The van der Waals surface area contributed by atoms with E-state index < -0.39 is 0 Å². The molecule has 2 heterocycles. The molecule has 0 N–H and O–H groups in total. The zero-order valence-corrected chi connectivity index (χ0v) is 34.1. The number of benzene rings is 8. The molecule has 0 radical (unpaired) electrons. The standard InChI is InChI=1S/C56H34N6O2/c63-49-45-31-15-29-43(39-25-13-27-41(33-39)55-59-51(35-17-5-1-6-18-35)57-52(60-55)36-19-7-2-8-20-36)47(45)50(64)48-44(30-16-32-46(48)49)40-26-14-28-42(34-40)56-61-53(37-21-9-3-10-22-37)58-54(62-56)38-23-11-4-12-24-38/h1-34H. The zero-order chi connectivity index (χ0) is 43.0. The lowest BCUT2D eigenvalue weighted by atomic mass is 9.77. The van der Waals surface area contributed by atoms with Crippen molar-refractivity contribution in [3.05, 3.63) is 229 Å². The van der Waals surface area contributed by atoms with Crippen molar-refractivity contribution in [2.45, 2.75) is 0 Å². The highest BCUT2D eigenvalue weighted by Crippen LogP contribution is 2.40.